The highest BCUT2D eigenvalue weighted by molar-refractivity contribution is 9.10. The summed E-state index contributed by atoms with van der Waals surface area (Å²) in [6, 6.07) is 7.00. The molecule has 0 atom stereocenters. The number of rotatable bonds is 9. The summed E-state index contributed by atoms with van der Waals surface area (Å²) in [4.78, 5) is 23.4. The number of benzene rings is 1. The SMILES string of the molecule is COCCNCCNC(=O)CNC(=O)c1cccc(Br)c1.Cl. The lowest BCUT2D eigenvalue weighted by Gasteiger charge is -2.08. The first-order valence-corrected chi connectivity index (χ1v) is 7.43. The van der Waals surface area contributed by atoms with E-state index >= 15 is 0 Å². The van der Waals surface area contributed by atoms with Crippen molar-refractivity contribution in [3.63, 3.8) is 0 Å². The predicted molar refractivity (Wildman–Crippen MR) is 91.5 cm³/mol. The van der Waals surface area contributed by atoms with Crippen molar-refractivity contribution in [2.45, 2.75) is 0 Å². The van der Waals surface area contributed by atoms with Crippen LogP contribution in [0.1, 0.15) is 10.4 Å². The fraction of sp³-hybridized carbons (Fsp3) is 0.429. The first-order chi connectivity index (χ1) is 10.1. The Morgan fingerprint density at radius 1 is 1.18 bits per heavy atom. The Morgan fingerprint density at radius 3 is 2.64 bits per heavy atom. The maximum Gasteiger partial charge on any atom is 0.251 e. The lowest BCUT2D eigenvalue weighted by Crippen LogP contribution is -2.39. The molecule has 2 amide bonds. The van der Waals surface area contributed by atoms with Gasteiger partial charge in [-0.3, -0.25) is 9.59 Å². The van der Waals surface area contributed by atoms with E-state index in [1.165, 1.54) is 0 Å². The molecule has 1 aromatic carbocycles. The molecular weight excluding hydrogens is 374 g/mol. The number of amides is 2. The van der Waals surface area contributed by atoms with Crippen molar-refractivity contribution in [2.75, 3.05) is 39.9 Å². The topological polar surface area (TPSA) is 79.5 Å². The number of hydrogen-bond donors (Lipinski definition) is 3. The number of hydrogen-bond acceptors (Lipinski definition) is 4. The summed E-state index contributed by atoms with van der Waals surface area (Å²) in [6.07, 6.45) is 0. The van der Waals surface area contributed by atoms with Gasteiger partial charge < -0.3 is 20.7 Å². The van der Waals surface area contributed by atoms with Gasteiger partial charge in [-0.25, -0.2) is 0 Å². The molecule has 0 bridgehead atoms. The number of carbonyl (C=O) groups is 2. The average molecular weight is 395 g/mol. The molecule has 0 fully saturated rings. The van der Waals surface area contributed by atoms with Crippen molar-refractivity contribution in [2.24, 2.45) is 0 Å². The summed E-state index contributed by atoms with van der Waals surface area (Å²) in [5, 5.41) is 8.39. The van der Waals surface area contributed by atoms with E-state index in [0.29, 0.717) is 25.3 Å². The van der Waals surface area contributed by atoms with Crippen LogP contribution in [-0.2, 0) is 9.53 Å². The lowest BCUT2D eigenvalue weighted by molar-refractivity contribution is -0.120. The van der Waals surface area contributed by atoms with Crippen LogP contribution in [0.15, 0.2) is 28.7 Å². The first-order valence-electron chi connectivity index (χ1n) is 6.63. The molecule has 6 nitrogen and oxygen atoms in total. The van der Waals surface area contributed by atoms with Gasteiger partial charge in [0, 0.05) is 36.8 Å². The minimum absolute atomic E-state index is 0. The Kier molecular flexibility index (Phi) is 11.8. The highest BCUT2D eigenvalue weighted by Gasteiger charge is 2.07. The van der Waals surface area contributed by atoms with Gasteiger partial charge in [-0.05, 0) is 18.2 Å². The summed E-state index contributed by atoms with van der Waals surface area (Å²) in [7, 11) is 1.64. The van der Waals surface area contributed by atoms with Gasteiger partial charge in [0.15, 0.2) is 0 Å². The Labute approximate surface area is 144 Å². The van der Waals surface area contributed by atoms with Gasteiger partial charge in [-0.1, -0.05) is 22.0 Å². The zero-order valence-corrected chi connectivity index (χ0v) is 14.8. The van der Waals surface area contributed by atoms with E-state index in [1.807, 2.05) is 6.07 Å². The second-order valence-electron chi connectivity index (χ2n) is 4.29. The van der Waals surface area contributed by atoms with Crippen molar-refractivity contribution in [3.8, 4) is 0 Å². The highest BCUT2D eigenvalue weighted by atomic mass is 79.9. The van der Waals surface area contributed by atoms with Crippen LogP contribution in [0.5, 0.6) is 0 Å². The Bertz CT molecular complexity index is 474. The zero-order chi connectivity index (χ0) is 15.5. The second kappa shape index (κ2) is 12.4. The normalized spacial score (nSPS) is 9.73. The van der Waals surface area contributed by atoms with Crippen LogP contribution in [0.4, 0.5) is 0 Å². The van der Waals surface area contributed by atoms with Crippen LogP contribution >= 0.6 is 28.3 Å². The summed E-state index contributed by atoms with van der Waals surface area (Å²) in [5.41, 5.74) is 0.512. The largest absolute Gasteiger partial charge is 0.383 e. The van der Waals surface area contributed by atoms with Crippen LogP contribution < -0.4 is 16.0 Å². The molecular formula is C14H21BrClN3O3. The summed E-state index contributed by atoms with van der Waals surface area (Å²) in [6.45, 7) is 2.51. The quantitative estimate of drug-likeness (QED) is 0.545. The van der Waals surface area contributed by atoms with E-state index in [2.05, 4.69) is 31.9 Å². The molecule has 0 saturated heterocycles. The minimum atomic E-state index is -0.273. The zero-order valence-electron chi connectivity index (χ0n) is 12.4. The van der Waals surface area contributed by atoms with Crippen molar-refractivity contribution >= 4 is 40.2 Å². The number of nitrogens with one attached hydrogen (secondary N) is 3. The summed E-state index contributed by atoms with van der Waals surface area (Å²) < 4.78 is 5.71. The second-order valence-corrected chi connectivity index (χ2v) is 5.20. The first kappa shape index (κ1) is 20.9. The third kappa shape index (κ3) is 8.99. The molecule has 0 aliphatic rings. The van der Waals surface area contributed by atoms with E-state index in [-0.39, 0.29) is 30.8 Å². The maximum absolute atomic E-state index is 11.8. The van der Waals surface area contributed by atoms with Gasteiger partial charge in [0.2, 0.25) is 5.91 Å². The maximum atomic E-state index is 11.8. The monoisotopic (exact) mass is 393 g/mol. The summed E-state index contributed by atoms with van der Waals surface area (Å²) in [5.74, 6) is -0.489. The van der Waals surface area contributed by atoms with Crippen LogP contribution in [-0.4, -0.2) is 51.7 Å². The molecule has 1 rings (SSSR count). The van der Waals surface area contributed by atoms with Gasteiger partial charge in [-0.15, -0.1) is 12.4 Å². The van der Waals surface area contributed by atoms with Gasteiger partial charge in [0.05, 0.1) is 13.2 Å². The lowest BCUT2D eigenvalue weighted by atomic mass is 10.2. The van der Waals surface area contributed by atoms with Gasteiger partial charge in [-0.2, -0.15) is 0 Å². The smallest absolute Gasteiger partial charge is 0.251 e. The van der Waals surface area contributed by atoms with Crippen molar-refractivity contribution in [1.29, 1.82) is 0 Å². The minimum Gasteiger partial charge on any atom is -0.383 e. The van der Waals surface area contributed by atoms with Crippen LogP contribution in [0.25, 0.3) is 0 Å². The van der Waals surface area contributed by atoms with Gasteiger partial charge in [0.1, 0.15) is 0 Å². The van der Waals surface area contributed by atoms with Crippen molar-refractivity contribution in [1.82, 2.24) is 16.0 Å². The van der Waals surface area contributed by atoms with Gasteiger partial charge in [0.25, 0.3) is 5.91 Å². The predicted octanol–water partition coefficient (Wildman–Crippen LogP) is 0.953. The van der Waals surface area contributed by atoms with E-state index in [0.717, 1.165) is 11.0 Å². The molecule has 0 aromatic heterocycles. The highest BCUT2D eigenvalue weighted by Crippen LogP contribution is 2.11. The van der Waals surface area contributed by atoms with E-state index in [9.17, 15) is 9.59 Å². The van der Waals surface area contributed by atoms with Crippen LogP contribution in [0, 0.1) is 0 Å². The van der Waals surface area contributed by atoms with Crippen LogP contribution in [0.3, 0.4) is 0 Å². The van der Waals surface area contributed by atoms with E-state index in [4.69, 9.17) is 4.74 Å². The number of methoxy groups -OCH3 is 1. The number of ether oxygens (including phenoxy) is 1. The van der Waals surface area contributed by atoms with E-state index in [1.54, 1.807) is 25.3 Å². The van der Waals surface area contributed by atoms with E-state index < -0.39 is 0 Å². The fourth-order valence-electron chi connectivity index (χ4n) is 1.54. The third-order valence-corrected chi connectivity index (χ3v) is 3.10. The standard InChI is InChI=1S/C14H20BrN3O3.ClH/c1-21-8-7-16-5-6-17-13(19)10-18-14(20)11-3-2-4-12(15)9-11;/h2-4,9,16H,5-8,10H2,1H3,(H,17,19)(H,18,20);1H. The molecule has 22 heavy (non-hydrogen) atoms. The molecule has 124 valence electrons. The number of halogens is 2. The Morgan fingerprint density at radius 2 is 1.95 bits per heavy atom. The molecule has 3 N–H and O–H groups in total. The fourth-order valence-corrected chi connectivity index (χ4v) is 1.94. The molecule has 0 aliphatic carbocycles. The molecule has 0 radical (unpaired) electrons. The molecule has 0 heterocycles. The molecule has 0 aliphatic heterocycles. The molecule has 1 aromatic rings. The third-order valence-electron chi connectivity index (χ3n) is 2.60. The Hall–Kier alpha value is -1.15. The molecule has 0 saturated carbocycles. The Balaban J connectivity index is 0.00000441. The molecule has 0 spiro atoms. The van der Waals surface area contributed by atoms with Crippen LogP contribution in [0.2, 0.25) is 0 Å². The van der Waals surface area contributed by atoms with Gasteiger partial charge >= 0.3 is 0 Å². The van der Waals surface area contributed by atoms with Crippen molar-refractivity contribution in [3.05, 3.63) is 34.3 Å². The molecule has 0 unspecified atom stereocenters. The number of carbonyl (C=O) groups excluding carboxylic acids is 2. The summed E-state index contributed by atoms with van der Waals surface area (Å²) >= 11 is 3.30. The van der Waals surface area contributed by atoms with Crippen molar-refractivity contribution < 1.29 is 14.3 Å². The molecule has 8 heteroatoms. The average Bonchev–Trinajstić information content (AvgIpc) is 2.48.